The van der Waals surface area contributed by atoms with Crippen molar-refractivity contribution in [3.8, 4) is 0 Å². The summed E-state index contributed by atoms with van der Waals surface area (Å²) in [6, 6.07) is 0. The van der Waals surface area contributed by atoms with Crippen LogP contribution in [0.15, 0.2) is 48.1 Å². The Kier molecular flexibility index (Phi) is 1.95. The normalized spacial score (nSPS) is 51.9. The summed E-state index contributed by atoms with van der Waals surface area (Å²) < 4.78 is 0. The van der Waals surface area contributed by atoms with Crippen LogP contribution in [0.1, 0.15) is 20.3 Å². The van der Waals surface area contributed by atoms with E-state index in [4.69, 9.17) is 9.78 Å². The van der Waals surface area contributed by atoms with Crippen molar-refractivity contribution < 1.29 is 9.78 Å². The lowest BCUT2D eigenvalue weighted by Gasteiger charge is -2.62. The van der Waals surface area contributed by atoms with Crippen molar-refractivity contribution in [3.63, 3.8) is 0 Å². The van der Waals surface area contributed by atoms with Crippen molar-refractivity contribution in [2.45, 2.75) is 31.5 Å². The molecule has 0 amide bonds. The third-order valence-corrected chi connectivity index (χ3v) is 5.25. The van der Waals surface area contributed by atoms with E-state index in [9.17, 15) is 0 Å². The Morgan fingerprint density at radius 1 is 1.06 bits per heavy atom. The fraction of sp³-hybridized carbons (Fsp3) is 0.500. The van der Waals surface area contributed by atoms with Crippen LogP contribution in [0.2, 0.25) is 0 Å². The van der Waals surface area contributed by atoms with Crippen molar-refractivity contribution in [1.29, 1.82) is 0 Å². The van der Waals surface area contributed by atoms with Crippen LogP contribution in [0.5, 0.6) is 0 Å². The van der Waals surface area contributed by atoms with Gasteiger partial charge in [0, 0.05) is 17.8 Å². The molecule has 2 heteroatoms. The molecule has 5 atom stereocenters. The average molecular weight is 242 g/mol. The highest BCUT2D eigenvalue weighted by Gasteiger charge is 2.65. The van der Waals surface area contributed by atoms with Gasteiger partial charge in [-0.05, 0) is 25.8 Å². The van der Waals surface area contributed by atoms with E-state index in [-0.39, 0.29) is 11.2 Å². The number of hydrogen-bond acceptors (Lipinski definition) is 2. The van der Waals surface area contributed by atoms with E-state index in [0.717, 1.165) is 6.42 Å². The van der Waals surface area contributed by atoms with Gasteiger partial charge in [0.1, 0.15) is 11.2 Å². The largest absolute Gasteiger partial charge is 0.228 e. The van der Waals surface area contributed by atoms with Crippen molar-refractivity contribution in [2.24, 2.45) is 17.8 Å². The lowest BCUT2D eigenvalue weighted by atomic mass is 9.53. The summed E-state index contributed by atoms with van der Waals surface area (Å²) >= 11 is 0. The van der Waals surface area contributed by atoms with Crippen LogP contribution in [0.4, 0.5) is 0 Å². The third-order valence-electron chi connectivity index (χ3n) is 5.25. The minimum absolute atomic E-state index is 0.236. The summed E-state index contributed by atoms with van der Waals surface area (Å²) in [6.45, 7) is 4.37. The highest BCUT2D eigenvalue weighted by molar-refractivity contribution is 5.41. The average Bonchev–Trinajstić information content (AvgIpc) is 2.43. The van der Waals surface area contributed by atoms with Gasteiger partial charge in [-0.1, -0.05) is 42.5 Å². The van der Waals surface area contributed by atoms with Crippen LogP contribution in [-0.2, 0) is 9.78 Å². The van der Waals surface area contributed by atoms with Gasteiger partial charge in [0.05, 0.1) is 0 Å². The van der Waals surface area contributed by atoms with Gasteiger partial charge >= 0.3 is 0 Å². The van der Waals surface area contributed by atoms with Gasteiger partial charge in [-0.2, -0.15) is 0 Å². The van der Waals surface area contributed by atoms with Crippen LogP contribution in [-0.4, -0.2) is 11.2 Å². The molecule has 0 N–H and O–H groups in total. The topological polar surface area (TPSA) is 18.5 Å². The van der Waals surface area contributed by atoms with Gasteiger partial charge in [0.15, 0.2) is 0 Å². The van der Waals surface area contributed by atoms with E-state index < -0.39 is 0 Å². The van der Waals surface area contributed by atoms with Crippen LogP contribution < -0.4 is 0 Å². The Morgan fingerprint density at radius 2 is 1.83 bits per heavy atom. The minimum atomic E-state index is -0.306. The molecule has 5 unspecified atom stereocenters. The van der Waals surface area contributed by atoms with Gasteiger partial charge in [0.25, 0.3) is 0 Å². The summed E-state index contributed by atoms with van der Waals surface area (Å²) in [6.07, 6.45) is 16.5. The second-order valence-electron chi connectivity index (χ2n) is 6.12. The van der Waals surface area contributed by atoms with E-state index >= 15 is 0 Å². The molecule has 2 heterocycles. The number of hydrogen-bond donors (Lipinski definition) is 0. The molecule has 0 aromatic heterocycles. The smallest absolute Gasteiger partial charge is 0.129 e. The lowest BCUT2D eigenvalue weighted by Crippen LogP contribution is -2.67. The maximum Gasteiger partial charge on any atom is 0.129 e. The molecular weight excluding hydrogens is 224 g/mol. The van der Waals surface area contributed by atoms with Crippen LogP contribution in [0.25, 0.3) is 0 Å². The summed E-state index contributed by atoms with van der Waals surface area (Å²) in [5.74, 6) is 1.24. The molecule has 0 radical (unpaired) electrons. The molecule has 0 aromatic rings. The van der Waals surface area contributed by atoms with Gasteiger partial charge < -0.3 is 0 Å². The number of fused-ring (bicyclic) bond motifs is 1. The molecule has 2 nitrogen and oxygen atoms in total. The first-order valence-corrected chi connectivity index (χ1v) is 6.75. The monoisotopic (exact) mass is 242 g/mol. The molecule has 1 saturated carbocycles. The first-order chi connectivity index (χ1) is 8.66. The highest BCUT2D eigenvalue weighted by Crippen LogP contribution is 2.61. The van der Waals surface area contributed by atoms with Crippen molar-refractivity contribution in [1.82, 2.24) is 0 Å². The Labute approximate surface area is 108 Å². The maximum atomic E-state index is 5.85. The Morgan fingerprint density at radius 3 is 2.67 bits per heavy atom. The fourth-order valence-electron chi connectivity index (χ4n) is 4.18. The number of allylic oxidation sites excluding steroid dienone is 5. The van der Waals surface area contributed by atoms with Crippen LogP contribution >= 0.6 is 0 Å². The molecule has 0 aromatic carbocycles. The highest BCUT2D eigenvalue weighted by atomic mass is 17.2. The quantitative estimate of drug-likeness (QED) is 0.606. The summed E-state index contributed by atoms with van der Waals surface area (Å²) in [5.41, 5.74) is 0.860. The van der Waals surface area contributed by atoms with Crippen molar-refractivity contribution >= 4 is 0 Å². The molecule has 18 heavy (non-hydrogen) atoms. The van der Waals surface area contributed by atoms with Gasteiger partial charge in [-0.15, -0.1) is 0 Å². The standard InChI is InChI=1S/C16H18O2/c1-15-11-7-3-5-9-13(11)16(2,18-17-15)14-10-6-4-8-12(14)15/h3-9,11,13-14H,10H2,1-2H3. The van der Waals surface area contributed by atoms with Crippen LogP contribution in [0.3, 0.4) is 0 Å². The van der Waals surface area contributed by atoms with E-state index in [1.165, 1.54) is 5.57 Å². The predicted octanol–water partition coefficient (Wildman–Crippen LogP) is 3.34. The zero-order valence-electron chi connectivity index (χ0n) is 10.8. The Hall–Kier alpha value is -1.12. The van der Waals surface area contributed by atoms with Gasteiger partial charge in [-0.3, -0.25) is 0 Å². The van der Waals surface area contributed by atoms with E-state index in [1.54, 1.807) is 0 Å². The summed E-state index contributed by atoms with van der Waals surface area (Å²) in [5, 5.41) is 0. The SMILES string of the molecule is CC12OOC(C)(C3CC=CC=C31)C1C=CC=CC12. The molecule has 5 rings (SSSR count). The molecule has 2 aliphatic heterocycles. The Balaban J connectivity index is 1.93. The molecule has 3 fully saturated rings. The lowest BCUT2D eigenvalue weighted by molar-refractivity contribution is -0.475. The molecular formula is C16H18O2. The van der Waals surface area contributed by atoms with Crippen molar-refractivity contribution in [3.05, 3.63) is 48.1 Å². The maximum absolute atomic E-state index is 5.85. The van der Waals surface area contributed by atoms with Gasteiger partial charge in [0.2, 0.25) is 0 Å². The first-order valence-electron chi connectivity index (χ1n) is 6.75. The predicted molar refractivity (Wildman–Crippen MR) is 69.6 cm³/mol. The molecule has 94 valence electrons. The molecule has 5 aliphatic rings. The van der Waals surface area contributed by atoms with Crippen molar-refractivity contribution in [2.75, 3.05) is 0 Å². The summed E-state index contributed by atoms with van der Waals surface area (Å²) in [4.78, 5) is 11.7. The van der Waals surface area contributed by atoms with Crippen LogP contribution in [0, 0.1) is 17.8 Å². The first kappa shape index (κ1) is 10.8. The summed E-state index contributed by atoms with van der Waals surface area (Å²) in [7, 11) is 0. The second-order valence-corrected chi connectivity index (χ2v) is 6.12. The number of rotatable bonds is 0. The zero-order valence-corrected chi connectivity index (χ0v) is 10.8. The molecule has 2 bridgehead atoms. The zero-order chi connectivity index (χ0) is 12.4. The van der Waals surface area contributed by atoms with Gasteiger partial charge in [-0.25, -0.2) is 9.78 Å². The van der Waals surface area contributed by atoms with E-state index in [1.807, 2.05) is 0 Å². The molecule has 3 aliphatic carbocycles. The molecule has 2 saturated heterocycles. The fourth-order valence-corrected chi connectivity index (χ4v) is 4.18. The third kappa shape index (κ3) is 1.07. The minimum Gasteiger partial charge on any atom is -0.228 e. The van der Waals surface area contributed by atoms with E-state index in [2.05, 4.69) is 56.4 Å². The van der Waals surface area contributed by atoms with E-state index in [0.29, 0.717) is 17.8 Å². The molecule has 0 spiro atoms. The second kappa shape index (κ2) is 3.25. The Bertz CT molecular complexity index is 509.